The van der Waals surface area contributed by atoms with Crippen molar-refractivity contribution in [3.8, 4) is 0 Å². The van der Waals surface area contributed by atoms with E-state index in [0.717, 1.165) is 12.1 Å². The molecule has 0 radical (unpaired) electrons. The minimum Gasteiger partial charge on any atom is -0.462 e. The number of ether oxygens (including phenoxy) is 2. The molecule has 0 aliphatic rings. The van der Waals surface area contributed by atoms with Crippen molar-refractivity contribution in [1.82, 2.24) is 0 Å². The third kappa shape index (κ3) is 8.50. The van der Waals surface area contributed by atoms with Gasteiger partial charge in [-0.2, -0.15) is 8.42 Å². The third-order valence-corrected chi connectivity index (χ3v) is 3.60. The molecule has 0 unspecified atom stereocenters. The molecule has 25 heavy (non-hydrogen) atoms. The molecule has 0 saturated carbocycles. The zero-order valence-electron chi connectivity index (χ0n) is 14.8. The second-order valence-corrected chi connectivity index (χ2v) is 7.63. The van der Waals surface area contributed by atoms with Crippen molar-refractivity contribution in [2.24, 2.45) is 11.8 Å². The van der Waals surface area contributed by atoms with Crippen LogP contribution < -0.4 is 0 Å². The van der Waals surface area contributed by atoms with Crippen LogP contribution in [0.25, 0.3) is 0 Å². The average molecular weight is 398 g/mol. The summed E-state index contributed by atoms with van der Waals surface area (Å²) in [5, 5.41) is 0. The number of carbonyl (C=O) groups excluding carboxylic acids is 2. The fraction of sp³-hybridized carbons (Fsp3) is 0.500. The van der Waals surface area contributed by atoms with Gasteiger partial charge < -0.3 is 9.47 Å². The first-order valence-corrected chi connectivity index (χ1v) is 8.91. The van der Waals surface area contributed by atoms with Crippen molar-refractivity contribution in [2.75, 3.05) is 13.2 Å². The Kier molecular flexibility index (Phi) is 10.2. The van der Waals surface area contributed by atoms with Gasteiger partial charge in [-0.3, -0.25) is 4.55 Å². The van der Waals surface area contributed by atoms with Crippen molar-refractivity contribution in [2.45, 2.75) is 32.6 Å². The summed E-state index contributed by atoms with van der Waals surface area (Å²) in [6, 6.07) is 3.09. The molecule has 0 saturated heterocycles. The Morgan fingerprint density at radius 2 is 1.28 bits per heavy atom. The maximum atomic E-state index is 12.0. The zero-order chi connectivity index (χ0) is 18.5. The van der Waals surface area contributed by atoms with Gasteiger partial charge in [-0.05, 0) is 30.0 Å². The summed E-state index contributed by atoms with van der Waals surface area (Å²) in [6.07, 6.45) is 0. The summed E-state index contributed by atoms with van der Waals surface area (Å²) in [5.41, 5.74) is -0.301. The van der Waals surface area contributed by atoms with Crippen LogP contribution in [-0.4, -0.2) is 75.9 Å². The Hall–Kier alpha value is -0.670. The van der Waals surface area contributed by atoms with E-state index in [0.29, 0.717) is 0 Å². The van der Waals surface area contributed by atoms with Gasteiger partial charge >= 0.3 is 49.7 Å². The first kappa shape index (κ1) is 24.3. The van der Waals surface area contributed by atoms with Crippen molar-refractivity contribution < 1.29 is 32.0 Å². The maximum absolute atomic E-state index is 12.0. The number of hydrogen-bond acceptors (Lipinski definition) is 6. The Labute approximate surface area is 177 Å². The van der Waals surface area contributed by atoms with Crippen LogP contribution in [0.15, 0.2) is 23.1 Å². The van der Waals surface area contributed by atoms with E-state index in [2.05, 4.69) is 0 Å². The minimum absolute atomic E-state index is 0. The van der Waals surface area contributed by atoms with Crippen LogP contribution in [0.2, 0.25) is 0 Å². The van der Waals surface area contributed by atoms with Crippen molar-refractivity contribution in [3.05, 3.63) is 29.3 Å². The molecular formula is C16H22CaO7S+2. The molecular weight excluding hydrogens is 376 g/mol. The van der Waals surface area contributed by atoms with Gasteiger partial charge in [0.15, 0.2) is 0 Å². The first-order valence-electron chi connectivity index (χ1n) is 7.47. The molecule has 0 fully saturated rings. The van der Waals surface area contributed by atoms with E-state index in [1.54, 1.807) is 0 Å². The topological polar surface area (TPSA) is 107 Å². The number of rotatable bonds is 7. The van der Waals surface area contributed by atoms with Crippen molar-refractivity contribution in [1.29, 1.82) is 0 Å². The van der Waals surface area contributed by atoms with Gasteiger partial charge in [0.2, 0.25) is 0 Å². The van der Waals surface area contributed by atoms with E-state index < -0.39 is 27.0 Å². The maximum Gasteiger partial charge on any atom is 2.00 e. The number of benzene rings is 1. The predicted octanol–water partition coefficient (Wildman–Crippen LogP) is 2.18. The van der Waals surface area contributed by atoms with Crippen LogP contribution in [0.1, 0.15) is 48.4 Å². The molecule has 0 aliphatic carbocycles. The van der Waals surface area contributed by atoms with E-state index in [-0.39, 0.29) is 73.9 Å². The summed E-state index contributed by atoms with van der Waals surface area (Å²) in [4.78, 5) is 23.5. The van der Waals surface area contributed by atoms with Crippen LogP contribution >= 0.6 is 0 Å². The van der Waals surface area contributed by atoms with Gasteiger partial charge in [-0.25, -0.2) is 9.59 Å². The van der Waals surface area contributed by atoms with Crippen LogP contribution in [0.5, 0.6) is 0 Å². The minimum atomic E-state index is -4.59. The number of esters is 2. The molecule has 0 aromatic heterocycles. The molecule has 0 amide bonds. The summed E-state index contributed by atoms with van der Waals surface area (Å²) < 4.78 is 42.0. The molecule has 9 heteroatoms. The molecule has 0 atom stereocenters. The van der Waals surface area contributed by atoms with E-state index >= 15 is 0 Å². The van der Waals surface area contributed by atoms with Gasteiger partial charge in [0.1, 0.15) is 0 Å². The molecule has 134 valence electrons. The molecule has 0 bridgehead atoms. The predicted molar refractivity (Wildman–Crippen MR) is 92.3 cm³/mol. The average Bonchev–Trinajstić information content (AvgIpc) is 2.48. The van der Waals surface area contributed by atoms with E-state index in [9.17, 15) is 22.6 Å². The van der Waals surface area contributed by atoms with Crippen molar-refractivity contribution >= 4 is 59.8 Å². The van der Waals surface area contributed by atoms with Crippen LogP contribution in [0.3, 0.4) is 0 Å². The molecule has 7 nitrogen and oxygen atoms in total. The number of carbonyl (C=O) groups is 2. The Morgan fingerprint density at radius 1 is 0.920 bits per heavy atom. The van der Waals surface area contributed by atoms with Crippen LogP contribution in [-0.2, 0) is 19.6 Å². The van der Waals surface area contributed by atoms with Gasteiger partial charge in [-0.1, -0.05) is 27.7 Å². The third-order valence-electron chi connectivity index (χ3n) is 2.77. The van der Waals surface area contributed by atoms with E-state index in [1.807, 2.05) is 27.7 Å². The summed E-state index contributed by atoms with van der Waals surface area (Å²) in [7, 11) is -4.59. The van der Waals surface area contributed by atoms with E-state index in [4.69, 9.17) is 9.47 Å². The fourth-order valence-corrected chi connectivity index (χ4v) is 2.19. The second kappa shape index (κ2) is 10.5. The summed E-state index contributed by atoms with van der Waals surface area (Å²) in [6.45, 7) is 7.66. The van der Waals surface area contributed by atoms with Gasteiger partial charge in [0, 0.05) is 0 Å². The smallest absolute Gasteiger partial charge is 0.462 e. The monoisotopic (exact) mass is 398 g/mol. The Morgan fingerprint density at radius 3 is 1.56 bits per heavy atom. The molecule has 1 aromatic carbocycles. The van der Waals surface area contributed by atoms with Crippen LogP contribution in [0.4, 0.5) is 0 Å². The summed E-state index contributed by atoms with van der Waals surface area (Å²) in [5.74, 6) is -1.39. The Bertz CT molecular complexity index is 669. The zero-order valence-corrected chi connectivity index (χ0v) is 17.8. The second-order valence-electron chi connectivity index (χ2n) is 6.21. The van der Waals surface area contributed by atoms with Gasteiger partial charge in [-0.15, -0.1) is 0 Å². The van der Waals surface area contributed by atoms with E-state index in [1.165, 1.54) is 6.07 Å². The van der Waals surface area contributed by atoms with Crippen LogP contribution in [0, 0.1) is 11.8 Å². The molecule has 0 aliphatic heterocycles. The van der Waals surface area contributed by atoms with Gasteiger partial charge in [0.25, 0.3) is 10.1 Å². The number of hydrogen-bond donors (Lipinski definition) is 1. The fourth-order valence-electron chi connectivity index (χ4n) is 1.64. The molecule has 0 heterocycles. The first-order chi connectivity index (χ1) is 11.0. The molecule has 1 N–H and O–H groups in total. The summed E-state index contributed by atoms with van der Waals surface area (Å²) >= 11 is 0. The quantitative estimate of drug-likeness (QED) is 0.426. The Balaban J connectivity index is 0.00000576. The molecule has 1 rings (SSSR count). The molecule has 1 aromatic rings. The SMILES string of the molecule is CC(C)COC(=O)c1cc(C(=O)OCC(C)C)cc(S(=O)(=O)O)c1.[Ca+2]. The van der Waals surface area contributed by atoms with Crippen molar-refractivity contribution in [3.63, 3.8) is 0 Å². The normalized spacial score (nSPS) is 11.2. The standard InChI is InChI=1S/C16H22O7S.Ca/c1-10(2)8-22-15(17)12-5-13(16(18)23-9-11(3)4)7-14(6-12)24(19,20)21;/h5-7,10-11H,8-9H2,1-4H3,(H,19,20,21);/q;+2. The van der Waals surface area contributed by atoms with Gasteiger partial charge in [0.05, 0.1) is 29.2 Å². The molecule has 0 spiro atoms. The largest absolute Gasteiger partial charge is 2.00 e.